The lowest BCUT2D eigenvalue weighted by Crippen LogP contribution is -2.10. The molecule has 7 nitrogen and oxygen atoms in total. The number of carboxylic acid groups (broad SMARTS) is 1. The molecule has 96 valence electrons. The maximum absolute atomic E-state index is 10.9. The number of carboxylic acids is 1. The van der Waals surface area contributed by atoms with Gasteiger partial charge >= 0.3 is 5.97 Å². The highest BCUT2D eigenvalue weighted by Gasteiger charge is 2.09. The maximum Gasteiger partial charge on any atom is 0.339 e. The predicted molar refractivity (Wildman–Crippen MR) is 63.7 cm³/mol. The fraction of sp³-hybridized carbons (Fsp3) is 0.364. The van der Waals surface area contributed by atoms with E-state index in [4.69, 9.17) is 20.1 Å². The van der Waals surface area contributed by atoms with Crippen LogP contribution in [0.2, 0.25) is 0 Å². The van der Waals surface area contributed by atoms with Gasteiger partial charge in [0.1, 0.15) is 17.9 Å². The largest absolute Gasteiger partial charge is 0.490 e. The summed E-state index contributed by atoms with van der Waals surface area (Å²) in [6, 6.07) is 6.39. The molecule has 1 aromatic carbocycles. The van der Waals surface area contributed by atoms with Crippen LogP contribution in [-0.4, -0.2) is 37.4 Å². The number of nitrogens with zero attached hydrogens (tertiary/aromatic N) is 3. The van der Waals surface area contributed by atoms with Crippen LogP contribution < -0.4 is 4.74 Å². The predicted octanol–water partition coefficient (Wildman–Crippen LogP) is 2.09. The van der Waals surface area contributed by atoms with Gasteiger partial charge < -0.3 is 14.6 Å². The van der Waals surface area contributed by atoms with E-state index in [9.17, 15) is 4.79 Å². The Kier molecular flexibility index (Phi) is 6.10. The van der Waals surface area contributed by atoms with Crippen LogP contribution in [0, 0.1) is 0 Å². The molecule has 1 aromatic rings. The van der Waals surface area contributed by atoms with Crippen LogP contribution in [0.15, 0.2) is 29.4 Å². The molecule has 0 heterocycles. The zero-order chi connectivity index (χ0) is 13.2. The highest BCUT2D eigenvalue weighted by atomic mass is 16.5. The van der Waals surface area contributed by atoms with Gasteiger partial charge in [-0.25, -0.2) is 4.79 Å². The summed E-state index contributed by atoms with van der Waals surface area (Å²) in [6.07, 6.45) is 0. The quantitative estimate of drug-likeness (QED) is 0.330. The summed E-state index contributed by atoms with van der Waals surface area (Å²) in [4.78, 5) is 13.5. The molecule has 0 amide bonds. The van der Waals surface area contributed by atoms with Crippen molar-refractivity contribution in [2.75, 3.05) is 26.4 Å². The fourth-order valence-corrected chi connectivity index (χ4v) is 1.23. The van der Waals surface area contributed by atoms with Gasteiger partial charge in [-0.3, -0.25) is 0 Å². The molecule has 0 aliphatic heterocycles. The Morgan fingerprint density at radius 2 is 2.11 bits per heavy atom. The van der Waals surface area contributed by atoms with E-state index in [1.54, 1.807) is 18.2 Å². The molecule has 0 aliphatic carbocycles. The SMILES string of the molecule is [N-]=[N+]=NCCOCCOc1ccccc1C(=O)O. The van der Waals surface area contributed by atoms with Crippen molar-refractivity contribution in [3.8, 4) is 5.75 Å². The third-order valence-corrected chi connectivity index (χ3v) is 2.00. The van der Waals surface area contributed by atoms with E-state index < -0.39 is 5.97 Å². The molecule has 0 aliphatic rings. The first kappa shape index (κ1) is 13.8. The van der Waals surface area contributed by atoms with Gasteiger partial charge in [0.05, 0.1) is 13.2 Å². The molecule has 18 heavy (non-hydrogen) atoms. The van der Waals surface area contributed by atoms with Crippen molar-refractivity contribution >= 4 is 5.97 Å². The van der Waals surface area contributed by atoms with Crippen molar-refractivity contribution in [1.29, 1.82) is 0 Å². The number of rotatable bonds is 8. The molecular weight excluding hydrogens is 238 g/mol. The number of hydrogen-bond acceptors (Lipinski definition) is 4. The number of carbonyl (C=O) groups is 1. The number of ether oxygens (including phenoxy) is 2. The Bertz CT molecular complexity index is 444. The number of azide groups is 1. The molecule has 0 fully saturated rings. The standard InChI is InChI=1S/C11H13N3O4/c12-14-13-5-6-17-7-8-18-10-4-2-1-3-9(10)11(15)16/h1-4H,5-8H2,(H,15,16). The second-order valence-electron chi connectivity index (χ2n) is 3.22. The van der Waals surface area contributed by atoms with Gasteiger partial charge in [-0.15, -0.1) is 0 Å². The van der Waals surface area contributed by atoms with Crippen LogP contribution in [0.4, 0.5) is 0 Å². The molecule has 0 radical (unpaired) electrons. The zero-order valence-electron chi connectivity index (χ0n) is 9.65. The molecule has 0 aromatic heterocycles. The van der Waals surface area contributed by atoms with E-state index in [1.165, 1.54) is 6.07 Å². The lowest BCUT2D eigenvalue weighted by Gasteiger charge is -2.08. The van der Waals surface area contributed by atoms with Crippen molar-refractivity contribution in [3.63, 3.8) is 0 Å². The molecule has 0 saturated carbocycles. The van der Waals surface area contributed by atoms with E-state index in [0.29, 0.717) is 19.0 Å². The first-order chi connectivity index (χ1) is 8.75. The molecule has 0 spiro atoms. The minimum Gasteiger partial charge on any atom is -0.490 e. The average Bonchev–Trinajstić information content (AvgIpc) is 2.38. The lowest BCUT2D eigenvalue weighted by molar-refractivity contribution is 0.0686. The van der Waals surface area contributed by atoms with E-state index in [0.717, 1.165) is 0 Å². The Hall–Kier alpha value is -2.24. The minimum atomic E-state index is -1.03. The van der Waals surface area contributed by atoms with Gasteiger partial charge in [0.2, 0.25) is 0 Å². The summed E-state index contributed by atoms with van der Waals surface area (Å²) in [5, 5.41) is 12.2. The zero-order valence-corrected chi connectivity index (χ0v) is 9.65. The molecule has 0 unspecified atom stereocenters. The summed E-state index contributed by atoms with van der Waals surface area (Å²) in [5.74, 6) is -0.724. The Morgan fingerprint density at radius 3 is 2.83 bits per heavy atom. The summed E-state index contributed by atoms with van der Waals surface area (Å²) in [6.45, 7) is 1.12. The molecule has 7 heteroatoms. The lowest BCUT2D eigenvalue weighted by atomic mass is 10.2. The first-order valence-corrected chi connectivity index (χ1v) is 5.29. The van der Waals surface area contributed by atoms with Gasteiger partial charge in [-0.2, -0.15) is 0 Å². The Balaban J connectivity index is 2.31. The number of para-hydroxylation sites is 1. The third-order valence-electron chi connectivity index (χ3n) is 2.00. The monoisotopic (exact) mass is 251 g/mol. The fourth-order valence-electron chi connectivity index (χ4n) is 1.23. The van der Waals surface area contributed by atoms with Crippen molar-refractivity contribution < 1.29 is 19.4 Å². The van der Waals surface area contributed by atoms with Gasteiger partial charge in [0.15, 0.2) is 0 Å². The van der Waals surface area contributed by atoms with Crippen LogP contribution in [0.25, 0.3) is 10.4 Å². The Labute approximate surface area is 104 Å². The van der Waals surface area contributed by atoms with E-state index >= 15 is 0 Å². The Morgan fingerprint density at radius 1 is 1.33 bits per heavy atom. The summed E-state index contributed by atoms with van der Waals surface area (Å²) < 4.78 is 10.4. The molecule has 1 N–H and O–H groups in total. The van der Waals surface area contributed by atoms with Crippen LogP contribution in [0.5, 0.6) is 5.75 Å². The van der Waals surface area contributed by atoms with Crippen LogP contribution in [-0.2, 0) is 4.74 Å². The van der Waals surface area contributed by atoms with Crippen molar-refractivity contribution in [3.05, 3.63) is 40.3 Å². The number of hydrogen-bond donors (Lipinski definition) is 1. The van der Waals surface area contributed by atoms with Gasteiger partial charge in [0.25, 0.3) is 0 Å². The third kappa shape index (κ3) is 4.73. The smallest absolute Gasteiger partial charge is 0.339 e. The van der Waals surface area contributed by atoms with Gasteiger partial charge in [-0.1, -0.05) is 17.2 Å². The van der Waals surface area contributed by atoms with Crippen molar-refractivity contribution in [1.82, 2.24) is 0 Å². The van der Waals surface area contributed by atoms with Crippen molar-refractivity contribution in [2.45, 2.75) is 0 Å². The van der Waals surface area contributed by atoms with Gasteiger partial charge in [0, 0.05) is 11.5 Å². The number of aromatic carboxylic acids is 1. The molecule has 1 rings (SSSR count). The second kappa shape index (κ2) is 7.94. The van der Waals surface area contributed by atoms with Crippen molar-refractivity contribution in [2.24, 2.45) is 5.11 Å². The summed E-state index contributed by atoms with van der Waals surface area (Å²) in [5.41, 5.74) is 8.14. The highest BCUT2D eigenvalue weighted by Crippen LogP contribution is 2.17. The van der Waals surface area contributed by atoms with Crippen LogP contribution >= 0.6 is 0 Å². The average molecular weight is 251 g/mol. The number of benzene rings is 1. The van der Waals surface area contributed by atoms with Gasteiger partial charge in [-0.05, 0) is 17.7 Å². The summed E-state index contributed by atoms with van der Waals surface area (Å²) in [7, 11) is 0. The van der Waals surface area contributed by atoms with E-state index in [-0.39, 0.29) is 18.7 Å². The minimum absolute atomic E-state index is 0.117. The van der Waals surface area contributed by atoms with Crippen LogP contribution in [0.1, 0.15) is 10.4 Å². The van der Waals surface area contributed by atoms with E-state index in [1.807, 2.05) is 0 Å². The summed E-state index contributed by atoms with van der Waals surface area (Å²) >= 11 is 0. The molecule has 0 saturated heterocycles. The molecule has 0 bridgehead atoms. The topological polar surface area (TPSA) is 105 Å². The van der Waals surface area contributed by atoms with Crippen LogP contribution in [0.3, 0.4) is 0 Å². The maximum atomic E-state index is 10.9. The normalized spacial score (nSPS) is 9.56. The second-order valence-corrected chi connectivity index (χ2v) is 3.22. The highest BCUT2D eigenvalue weighted by molar-refractivity contribution is 5.90. The molecular formula is C11H13N3O4. The first-order valence-electron chi connectivity index (χ1n) is 5.29. The van der Waals surface area contributed by atoms with E-state index in [2.05, 4.69) is 10.0 Å². The molecule has 0 atom stereocenters.